The van der Waals surface area contributed by atoms with Crippen LogP contribution in [0.2, 0.25) is 0 Å². The summed E-state index contributed by atoms with van der Waals surface area (Å²) in [5.74, 6) is 0.333. The molecule has 0 radical (unpaired) electrons. The number of carbonyl (C=O) groups is 2. The molecule has 5 rings (SSSR count). The lowest BCUT2D eigenvalue weighted by Gasteiger charge is -2.27. The molecule has 1 saturated heterocycles. The third-order valence-electron chi connectivity index (χ3n) is 5.76. The maximum Gasteiger partial charge on any atom is 0.240 e. The summed E-state index contributed by atoms with van der Waals surface area (Å²) in [5.41, 5.74) is 2.91. The number of hydrogen-bond acceptors (Lipinski definition) is 5. The molecule has 0 aliphatic carbocycles. The van der Waals surface area contributed by atoms with Gasteiger partial charge in [0, 0.05) is 48.7 Å². The zero-order chi connectivity index (χ0) is 21.4. The molecule has 2 amide bonds. The van der Waals surface area contributed by atoms with E-state index in [9.17, 15) is 9.59 Å². The molecular weight excluding hydrogens is 398 g/mol. The van der Waals surface area contributed by atoms with Crippen LogP contribution in [0.15, 0.2) is 36.5 Å². The maximum absolute atomic E-state index is 12.6. The number of aryl methyl sites for hydroxylation is 2. The van der Waals surface area contributed by atoms with Crippen molar-refractivity contribution in [2.24, 2.45) is 7.05 Å². The minimum atomic E-state index is -0.233. The van der Waals surface area contributed by atoms with Gasteiger partial charge in [0.15, 0.2) is 0 Å². The van der Waals surface area contributed by atoms with Gasteiger partial charge < -0.3 is 19.4 Å². The number of hydrogen-bond donors (Lipinski definition) is 1. The van der Waals surface area contributed by atoms with Gasteiger partial charge in [-0.1, -0.05) is 18.2 Å². The molecule has 0 spiro atoms. The van der Waals surface area contributed by atoms with Crippen molar-refractivity contribution in [1.82, 2.24) is 19.7 Å². The molecule has 1 unspecified atom stereocenters. The van der Waals surface area contributed by atoms with Gasteiger partial charge in [-0.15, -0.1) is 0 Å². The molecule has 0 bridgehead atoms. The zero-order valence-electron chi connectivity index (χ0n) is 17.4. The molecule has 2 aliphatic heterocycles. The third kappa shape index (κ3) is 3.82. The number of nitrogens with one attached hydrogen (secondary N) is 1. The van der Waals surface area contributed by atoms with E-state index in [-0.39, 0.29) is 24.5 Å². The van der Waals surface area contributed by atoms with Gasteiger partial charge >= 0.3 is 0 Å². The Balaban J connectivity index is 1.36. The van der Waals surface area contributed by atoms with E-state index in [1.807, 2.05) is 36.1 Å². The molecule has 9 heteroatoms. The van der Waals surface area contributed by atoms with E-state index in [4.69, 9.17) is 14.6 Å². The second-order valence-corrected chi connectivity index (χ2v) is 7.88. The average molecular weight is 423 g/mol. The van der Waals surface area contributed by atoms with Crippen LogP contribution in [0, 0.1) is 0 Å². The fourth-order valence-electron chi connectivity index (χ4n) is 4.18. The summed E-state index contributed by atoms with van der Waals surface area (Å²) in [5, 5.41) is 8.69. The van der Waals surface area contributed by atoms with E-state index >= 15 is 0 Å². The van der Waals surface area contributed by atoms with Crippen LogP contribution >= 0.6 is 0 Å². The second-order valence-electron chi connectivity index (χ2n) is 7.88. The van der Waals surface area contributed by atoms with Gasteiger partial charge in [-0.3, -0.25) is 14.5 Å². The van der Waals surface area contributed by atoms with Crippen molar-refractivity contribution < 1.29 is 19.1 Å². The predicted molar refractivity (Wildman–Crippen MR) is 115 cm³/mol. The van der Waals surface area contributed by atoms with Crippen molar-refractivity contribution in [3.05, 3.63) is 36.5 Å². The van der Waals surface area contributed by atoms with Crippen molar-refractivity contribution in [2.45, 2.75) is 19.1 Å². The molecule has 1 atom stereocenters. The Labute approximate surface area is 179 Å². The highest BCUT2D eigenvalue weighted by Crippen LogP contribution is 2.33. The van der Waals surface area contributed by atoms with Gasteiger partial charge in [0.25, 0.3) is 0 Å². The number of aromatic nitrogens is 3. The summed E-state index contributed by atoms with van der Waals surface area (Å²) in [6, 6.07) is 10.0. The molecule has 162 valence electrons. The first kappa shape index (κ1) is 19.8. The van der Waals surface area contributed by atoms with Gasteiger partial charge in [-0.05, 0) is 6.07 Å². The van der Waals surface area contributed by atoms with Crippen LogP contribution in [0.3, 0.4) is 0 Å². The lowest BCUT2D eigenvalue weighted by atomic mass is 10.1. The molecule has 2 aliphatic rings. The van der Waals surface area contributed by atoms with Crippen molar-refractivity contribution in [1.29, 1.82) is 0 Å². The van der Waals surface area contributed by atoms with E-state index < -0.39 is 0 Å². The normalized spacial score (nSPS) is 18.9. The summed E-state index contributed by atoms with van der Waals surface area (Å²) in [6.07, 6.45) is 2.21. The lowest BCUT2D eigenvalue weighted by molar-refractivity contribution is -0.126. The fourth-order valence-corrected chi connectivity index (χ4v) is 4.18. The topological polar surface area (TPSA) is 90.6 Å². The zero-order valence-corrected chi connectivity index (χ0v) is 17.4. The van der Waals surface area contributed by atoms with Crippen LogP contribution in [0.1, 0.15) is 6.42 Å². The molecule has 31 heavy (non-hydrogen) atoms. The van der Waals surface area contributed by atoms with E-state index in [0.717, 1.165) is 22.2 Å². The number of para-hydroxylation sites is 1. The van der Waals surface area contributed by atoms with Gasteiger partial charge in [-0.2, -0.15) is 5.10 Å². The first-order valence-corrected chi connectivity index (χ1v) is 10.5. The van der Waals surface area contributed by atoms with Gasteiger partial charge in [0.2, 0.25) is 11.8 Å². The first-order valence-electron chi connectivity index (χ1n) is 10.5. The highest BCUT2D eigenvalue weighted by Gasteiger charge is 2.29. The van der Waals surface area contributed by atoms with Crippen molar-refractivity contribution in [2.75, 3.05) is 37.8 Å². The highest BCUT2D eigenvalue weighted by atomic mass is 16.6. The Kier molecular flexibility index (Phi) is 5.21. The van der Waals surface area contributed by atoms with Gasteiger partial charge in [0.1, 0.15) is 12.4 Å². The molecule has 9 nitrogen and oxygen atoms in total. The molecular formula is C22H25N5O4. The number of amides is 2. The van der Waals surface area contributed by atoms with Crippen molar-refractivity contribution in [3.8, 4) is 11.3 Å². The fraction of sp³-hybridized carbons (Fsp3) is 0.409. The van der Waals surface area contributed by atoms with Gasteiger partial charge in [-0.25, -0.2) is 4.68 Å². The highest BCUT2D eigenvalue weighted by molar-refractivity contribution is 6.00. The summed E-state index contributed by atoms with van der Waals surface area (Å²) < 4.78 is 14.8. The van der Waals surface area contributed by atoms with Crippen LogP contribution < -0.4 is 10.2 Å². The van der Waals surface area contributed by atoms with E-state index in [0.29, 0.717) is 45.1 Å². The Morgan fingerprint density at radius 1 is 1.29 bits per heavy atom. The predicted octanol–water partition coefficient (Wildman–Crippen LogP) is 1.31. The standard InChI is InChI=1S/C22H25N5O4/c1-25-12-17(16-4-2-3-5-19(16)25)18-10-21-26(22(29)6-7-27(21)24-18)13-20(28)23-11-15-14-30-8-9-31-15/h2-5,10,12,15H,6-9,11,13-14H2,1H3,(H,23,28). The number of anilines is 1. The Hall–Kier alpha value is -3.17. The van der Waals surface area contributed by atoms with Crippen molar-refractivity contribution >= 4 is 28.5 Å². The smallest absolute Gasteiger partial charge is 0.240 e. The van der Waals surface area contributed by atoms with Crippen LogP contribution in [0.25, 0.3) is 22.2 Å². The largest absolute Gasteiger partial charge is 0.376 e. The van der Waals surface area contributed by atoms with Crippen molar-refractivity contribution in [3.63, 3.8) is 0 Å². The number of fused-ring (bicyclic) bond motifs is 2. The molecule has 2 aromatic heterocycles. The van der Waals surface area contributed by atoms with E-state index in [2.05, 4.69) is 22.0 Å². The molecule has 1 aromatic carbocycles. The lowest BCUT2D eigenvalue weighted by Crippen LogP contribution is -2.47. The minimum absolute atomic E-state index is 0.0485. The molecule has 3 aromatic rings. The Morgan fingerprint density at radius 3 is 3.00 bits per heavy atom. The quantitative estimate of drug-likeness (QED) is 0.668. The summed E-state index contributed by atoms with van der Waals surface area (Å²) >= 11 is 0. The Bertz CT molecular complexity index is 1130. The average Bonchev–Trinajstić information content (AvgIpc) is 3.37. The number of ether oxygens (including phenoxy) is 2. The maximum atomic E-state index is 12.6. The number of rotatable bonds is 5. The summed E-state index contributed by atoms with van der Waals surface area (Å²) in [7, 11) is 2.00. The minimum Gasteiger partial charge on any atom is -0.376 e. The molecule has 4 heterocycles. The Morgan fingerprint density at radius 2 is 2.16 bits per heavy atom. The first-order chi connectivity index (χ1) is 15.1. The van der Waals surface area contributed by atoms with Crippen LogP contribution in [-0.4, -0.2) is 65.2 Å². The number of benzene rings is 1. The van der Waals surface area contributed by atoms with E-state index in [1.165, 1.54) is 4.90 Å². The molecule has 1 fully saturated rings. The van der Waals surface area contributed by atoms with Crippen LogP contribution in [0.5, 0.6) is 0 Å². The van der Waals surface area contributed by atoms with Crippen LogP contribution in [-0.2, 0) is 32.7 Å². The molecule has 0 saturated carbocycles. The van der Waals surface area contributed by atoms with Crippen LogP contribution in [0.4, 0.5) is 5.82 Å². The van der Waals surface area contributed by atoms with Gasteiger partial charge in [0.05, 0.1) is 38.2 Å². The molecule has 1 N–H and O–H groups in total. The summed E-state index contributed by atoms with van der Waals surface area (Å²) in [4.78, 5) is 26.7. The summed E-state index contributed by atoms with van der Waals surface area (Å²) in [6.45, 7) is 2.39. The van der Waals surface area contributed by atoms with E-state index in [1.54, 1.807) is 0 Å². The monoisotopic (exact) mass is 423 g/mol. The SMILES string of the molecule is Cn1cc(-c2cc3n(n2)CCC(=O)N3CC(=O)NCC2COCCO2)c2ccccc21. The number of carbonyl (C=O) groups excluding carboxylic acids is 2. The second kappa shape index (κ2) is 8.16. The number of nitrogens with zero attached hydrogens (tertiary/aromatic N) is 4. The third-order valence-corrected chi connectivity index (χ3v) is 5.76.